The molecule has 2 aliphatic rings. The number of carbonyl (C=O) groups is 2. The Morgan fingerprint density at radius 3 is 2.48 bits per heavy atom. The van der Waals surface area contributed by atoms with E-state index in [1.807, 2.05) is 48.7 Å². The predicted octanol–water partition coefficient (Wildman–Crippen LogP) is 2.92. The van der Waals surface area contributed by atoms with Crippen LogP contribution in [0, 0.1) is 0 Å². The Morgan fingerprint density at radius 2 is 1.72 bits per heavy atom. The second kappa shape index (κ2) is 8.65. The summed E-state index contributed by atoms with van der Waals surface area (Å²) in [6, 6.07) is 14.9. The van der Waals surface area contributed by atoms with E-state index in [0.29, 0.717) is 37.7 Å². The average Bonchev–Trinajstić information content (AvgIpc) is 2.78. The van der Waals surface area contributed by atoms with Crippen molar-refractivity contribution in [2.75, 3.05) is 44.4 Å². The van der Waals surface area contributed by atoms with Gasteiger partial charge in [0, 0.05) is 36.8 Å². The van der Waals surface area contributed by atoms with Crippen molar-refractivity contribution in [3.8, 4) is 11.5 Å². The number of piperazine rings is 1. The van der Waals surface area contributed by atoms with Crippen LogP contribution in [0.1, 0.15) is 0 Å². The number of fused-ring (bicyclic) bond motifs is 1. The summed E-state index contributed by atoms with van der Waals surface area (Å²) in [4.78, 5) is 29.9. The summed E-state index contributed by atoms with van der Waals surface area (Å²) in [5.74, 6) is 1.14. The standard InChI is InChI=1S/C21H23N3O4S/c1-29-16-6-4-5-15(13-16)22-21(26)24-11-9-23(10-12-24)20(25)19-14-27-17-7-2-3-8-18(17)28-19/h2-8,13,19H,9-12,14H2,1H3,(H,22,26). The maximum atomic E-state index is 12.8. The maximum Gasteiger partial charge on any atom is 0.321 e. The third kappa shape index (κ3) is 4.42. The highest BCUT2D eigenvalue weighted by molar-refractivity contribution is 7.98. The molecule has 0 aliphatic carbocycles. The maximum absolute atomic E-state index is 12.8. The zero-order valence-electron chi connectivity index (χ0n) is 16.2. The van der Waals surface area contributed by atoms with Gasteiger partial charge in [0.05, 0.1) is 0 Å². The van der Waals surface area contributed by atoms with Crippen molar-refractivity contribution in [2.45, 2.75) is 11.0 Å². The first-order valence-corrected chi connectivity index (χ1v) is 10.7. The van der Waals surface area contributed by atoms with Gasteiger partial charge in [-0.3, -0.25) is 4.79 Å². The molecule has 0 aromatic heterocycles. The smallest absolute Gasteiger partial charge is 0.321 e. The summed E-state index contributed by atoms with van der Waals surface area (Å²) in [6.07, 6.45) is 1.34. The molecule has 29 heavy (non-hydrogen) atoms. The van der Waals surface area contributed by atoms with Gasteiger partial charge < -0.3 is 24.6 Å². The quantitative estimate of drug-likeness (QED) is 0.784. The van der Waals surface area contributed by atoms with E-state index in [1.54, 1.807) is 27.6 Å². The van der Waals surface area contributed by atoms with Gasteiger partial charge in [-0.1, -0.05) is 18.2 Å². The number of para-hydroxylation sites is 2. The number of amides is 3. The van der Waals surface area contributed by atoms with E-state index in [1.165, 1.54) is 0 Å². The number of hydrogen-bond acceptors (Lipinski definition) is 5. The molecule has 4 rings (SSSR count). The Kier molecular flexibility index (Phi) is 5.80. The van der Waals surface area contributed by atoms with Gasteiger partial charge >= 0.3 is 6.03 Å². The number of carbonyl (C=O) groups excluding carboxylic acids is 2. The van der Waals surface area contributed by atoms with Crippen LogP contribution < -0.4 is 14.8 Å². The molecule has 0 spiro atoms. The van der Waals surface area contributed by atoms with Crippen LogP contribution in [0.5, 0.6) is 11.5 Å². The average molecular weight is 413 g/mol. The summed E-state index contributed by atoms with van der Waals surface area (Å²) in [5, 5.41) is 2.93. The van der Waals surface area contributed by atoms with Crippen LogP contribution in [0.4, 0.5) is 10.5 Å². The zero-order valence-corrected chi connectivity index (χ0v) is 17.0. The molecule has 1 N–H and O–H groups in total. The molecule has 1 atom stereocenters. The lowest BCUT2D eigenvalue weighted by atomic mass is 10.2. The Balaban J connectivity index is 1.30. The van der Waals surface area contributed by atoms with Crippen LogP contribution in [0.15, 0.2) is 53.4 Å². The van der Waals surface area contributed by atoms with E-state index in [9.17, 15) is 9.59 Å². The van der Waals surface area contributed by atoms with Crippen molar-refractivity contribution in [1.82, 2.24) is 9.80 Å². The number of benzene rings is 2. The third-order valence-corrected chi connectivity index (χ3v) is 5.71. The van der Waals surface area contributed by atoms with Crippen LogP contribution in [0.3, 0.4) is 0 Å². The highest BCUT2D eigenvalue weighted by Crippen LogP contribution is 2.31. The minimum Gasteiger partial charge on any atom is -0.485 e. The van der Waals surface area contributed by atoms with Crippen molar-refractivity contribution in [2.24, 2.45) is 0 Å². The number of thioether (sulfide) groups is 1. The molecule has 8 heteroatoms. The minimum absolute atomic E-state index is 0.104. The summed E-state index contributed by atoms with van der Waals surface area (Å²) in [5.41, 5.74) is 0.770. The topological polar surface area (TPSA) is 71.1 Å². The highest BCUT2D eigenvalue weighted by Gasteiger charge is 2.33. The SMILES string of the molecule is CSc1cccc(NC(=O)N2CCN(C(=O)C3COc4ccccc4O3)CC2)c1. The van der Waals surface area contributed by atoms with Gasteiger partial charge in [0.1, 0.15) is 6.61 Å². The monoisotopic (exact) mass is 413 g/mol. The second-order valence-corrected chi connectivity index (χ2v) is 7.72. The number of nitrogens with one attached hydrogen (secondary N) is 1. The number of hydrogen-bond donors (Lipinski definition) is 1. The van der Waals surface area contributed by atoms with E-state index in [2.05, 4.69) is 5.32 Å². The Morgan fingerprint density at radius 1 is 1.00 bits per heavy atom. The third-order valence-electron chi connectivity index (χ3n) is 4.98. The lowest BCUT2D eigenvalue weighted by Gasteiger charge is -2.37. The van der Waals surface area contributed by atoms with E-state index < -0.39 is 6.10 Å². The molecule has 2 aromatic rings. The molecule has 2 aliphatic heterocycles. The van der Waals surface area contributed by atoms with Gasteiger partial charge in [0.15, 0.2) is 11.5 Å². The summed E-state index contributed by atoms with van der Waals surface area (Å²) in [6.45, 7) is 2.09. The van der Waals surface area contributed by atoms with Crippen LogP contribution in [-0.4, -0.2) is 66.9 Å². The lowest BCUT2D eigenvalue weighted by Crippen LogP contribution is -2.55. The van der Waals surface area contributed by atoms with Gasteiger partial charge in [-0.05, 0) is 36.6 Å². The predicted molar refractivity (Wildman–Crippen MR) is 112 cm³/mol. The summed E-state index contributed by atoms with van der Waals surface area (Å²) >= 11 is 1.63. The Hall–Kier alpha value is -2.87. The van der Waals surface area contributed by atoms with Crippen molar-refractivity contribution >= 4 is 29.4 Å². The van der Waals surface area contributed by atoms with Gasteiger partial charge in [0.2, 0.25) is 6.10 Å². The normalized spacial score (nSPS) is 18.3. The van der Waals surface area contributed by atoms with Gasteiger partial charge in [-0.25, -0.2) is 4.79 Å². The van der Waals surface area contributed by atoms with Crippen molar-refractivity contribution in [3.05, 3.63) is 48.5 Å². The Labute approximate surface area is 174 Å². The molecule has 0 radical (unpaired) electrons. The van der Waals surface area contributed by atoms with Crippen LogP contribution in [0.25, 0.3) is 0 Å². The van der Waals surface area contributed by atoms with E-state index in [4.69, 9.17) is 9.47 Å². The summed E-state index contributed by atoms with van der Waals surface area (Å²) in [7, 11) is 0. The fourth-order valence-corrected chi connectivity index (χ4v) is 3.84. The number of nitrogens with zero attached hydrogens (tertiary/aromatic N) is 2. The van der Waals surface area contributed by atoms with Gasteiger partial charge in [0.25, 0.3) is 5.91 Å². The number of ether oxygens (including phenoxy) is 2. The van der Waals surface area contributed by atoms with Crippen molar-refractivity contribution in [1.29, 1.82) is 0 Å². The van der Waals surface area contributed by atoms with Crippen molar-refractivity contribution < 1.29 is 19.1 Å². The van der Waals surface area contributed by atoms with Crippen molar-refractivity contribution in [3.63, 3.8) is 0 Å². The Bertz CT molecular complexity index is 899. The molecule has 1 fully saturated rings. The van der Waals surface area contributed by atoms with E-state index >= 15 is 0 Å². The van der Waals surface area contributed by atoms with Crippen LogP contribution in [0.2, 0.25) is 0 Å². The fourth-order valence-electron chi connectivity index (χ4n) is 3.38. The first-order chi connectivity index (χ1) is 14.1. The molecule has 7 nitrogen and oxygen atoms in total. The number of urea groups is 1. The summed E-state index contributed by atoms with van der Waals surface area (Å²) < 4.78 is 11.5. The van der Waals surface area contributed by atoms with Crippen LogP contribution in [-0.2, 0) is 4.79 Å². The fraction of sp³-hybridized carbons (Fsp3) is 0.333. The molecule has 2 heterocycles. The first-order valence-electron chi connectivity index (χ1n) is 9.51. The molecule has 0 bridgehead atoms. The van der Waals surface area contributed by atoms with Gasteiger partial charge in [-0.2, -0.15) is 0 Å². The molecule has 0 saturated carbocycles. The molecular weight excluding hydrogens is 390 g/mol. The molecular formula is C21H23N3O4S. The number of rotatable bonds is 3. The molecule has 3 amide bonds. The largest absolute Gasteiger partial charge is 0.485 e. The lowest BCUT2D eigenvalue weighted by molar-refractivity contribution is -0.142. The van der Waals surface area contributed by atoms with Gasteiger partial charge in [-0.15, -0.1) is 11.8 Å². The van der Waals surface area contributed by atoms with E-state index in [0.717, 1.165) is 10.6 Å². The zero-order chi connectivity index (χ0) is 20.2. The van der Waals surface area contributed by atoms with Crippen LogP contribution >= 0.6 is 11.8 Å². The van der Waals surface area contributed by atoms with E-state index in [-0.39, 0.29) is 18.5 Å². The number of anilines is 1. The molecule has 152 valence electrons. The minimum atomic E-state index is -0.653. The molecule has 1 unspecified atom stereocenters. The first kappa shape index (κ1) is 19.4. The molecule has 2 aromatic carbocycles. The second-order valence-electron chi connectivity index (χ2n) is 6.84. The molecule has 1 saturated heterocycles. The highest BCUT2D eigenvalue weighted by atomic mass is 32.2.